The number of benzene rings is 1. The molecule has 1 aromatic carbocycles. The third-order valence-electron chi connectivity index (χ3n) is 2.62. The van der Waals surface area contributed by atoms with E-state index in [0.29, 0.717) is 13.0 Å². The Morgan fingerprint density at radius 1 is 1.53 bits per heavy atom. The molecule has 1 fully saturated rings. The van der Waals surface area contributed by atoms with E-state index < -0.39 is 17.3 Å². The molecule has 1 amide bonds. The Hall–Kier alpha value is -1.17. The number of amides is 1. The first-order valence-corrected chi connectivity index (χ1v) is 5.52. The maximum Gasteiger partial charge on any atom is 0.246 e. The lowest BCUT2D eigenvalue weighted by Crippen LogP contribution is -2.51. The summed E-state index contributed by atoms with van der Waals surface area (Å²) < 4.78 is 18.1. The molecule has 3 N–H and O–H groups in total. The highest BCUT2D eigenvalue weighted by atomic mass is 35.5. The first-order valence-electron chi connectivity index (χ1n) is 5.14. The summed E-state index contributed by atoms with van der Waals surface area (Å²) in [7, 11) is 0. The number of hydrogen-bond acceptors (Lipinski definition) is 3. The highest BCUT2D eigenvalue weighted by Gasteiger charge is 2.38. The van der Waals surface area contributed by atoms with E-state index in [1.807, 2.05) is 0 Å². The maximum atomic E-state index is 13.1. The van der Waals surface area contributed by atoms with Crippen LogP contribution in [0.25, 0.3) is 0 Å². The van der Waals surface area contributed by atoms with Gasteiger partial charge in [-0.1, -0.05) is 11.6 Å². The van der Waals surface area contributed by atoms with Crippen molar-refractivity contribution in [1.82, 2.24) is 0 Å². The molecule has 2 rings (SSSR count). The van der Waals surface area contributed by atoms with Gasteiger partial charge in [0.2, 0.25) is 5.91 Å². The van der Waals surface area contributed by atoms with Crippen LogP contribution in [0.15, 0.2) is 18.2 Å². The summed E-state index contributed by atoms with van der Waals surface area (Å²) in [5.41, 5.74) is 5.11. The zero-order valence-corrected chi connectivity index (χ0v) is 9.76. The summed E-state index contributed by atoms with van der Waals surface area (Å²) in [4.78, 5) is 11.9. The summed E-state index contributed by atoms with van der Waals surface area (Å²) in [6, 6.07) is 3.80. The fourth-order valence-corrected chi connectivity index (χ4v) is 1.86. The van der Waals surface area contributed by atoms with E-state index in [0.717, 1.165) is 6.07 Å². The highest BCUT2D eigenvalue weighted by Crippen LogP contribution is 2.21. The number of anilines is 1. The zero-order valence-electron chi connectivity index (χ0n) is 9.00. The molecule has 1 unspecified atom stereocenters. The monoisotopic (exact) mass is 258 g/mol. The Morgan fingerprint density at radius 3 is 2.88 bits per heavy atom. The van der Waals surface area contributed by atoms with Crippen LogP contribution < -0.4 is 11.1 Å². The van der Waals surface area contributed by atoms with Crippen molar-refractivity contribution < 1.29 is 13.9 Å². The maximum absolute atomic E-state index is 13.1. The largest absolute Gasteiger partial charge is 0.379 e. The predicted octanol–water partition coefficient (Wildman–Crippen LogP) is 1.54. The second-order valence-electron chi connectivity index (χ2n) is 4.07. The van der Waals surface area contributed by atoms with Gasteiger partial charge in [-0.25, -0.2) is 4.39 Å². The Labute approximate surface area is 103 Å². The molecule has 1 saturated heterocycles. The Bertz CT molecular complexity index is 427. The number of nitrogens with two attached hydrogens (primary N) is 1. The van der Waals surface area contributed by atoms with Crippen LogP contribution in [0.5, 0.6) is 0 Å². The number of nitrogens with one attached hydrogen (secondary N) is 1. The fraction of sp³-hybridized carbons (Fsp3) is 0.364. The molecule has 1 aliphatic rings. The summed E-state index contributed by atoms with van der Waals surface area (Å²) in [6.07, 6.45) is 0.446. The fourth-order valence-electron chi connectivity index (χ4n) is 1.64. The van der Waals surface area contributed by atoms with Gasteiger partial charge in [-0.15, -0.1) is 0 Å². The second kappa shape index (κ2) is 4.60. The number of halogens is 2. The number of ether oxygens (including phenoxy) is 1. The molecule has 0 bridgehead atoms. The van der Waals surface area contributed by atoms with Gasteiger partial charge < -0.3 is 15.8 Å². The summed E-state index contributed by atoms with van der Waals surface area (Å²) in [6.45, 7) is 0.621. The summed E-state index contributed by atoms with van der Waals surface area (Å²) >= 11 is 5.68. The molecule has 0 saturated carbocycles. The van der Waals surface area contributed by atoms with Gasteiger partial charge in [0, 0.05) is 17.3 Å². The van der Waals surface area contributed by atoms with Crippen LogP contribution in [0, 0.1) is 5.82 Å². The van der Waals surface area contributed by atoms with E-state index >= 15 is 0 Å². The van der Waals surface area contributed by atoms with E-state index in [4.69, 9.17) is 22.1 Å². The average molecular weight is 259 g/mol. The second-order valence-corrected chi connectivity index (χ2v) is 4.51. The van der Waals surface area contributed by atoms with Gasteiger partial charge >= 0.3 is 0 Å². The molecule has 1 aromatic rings. The van der Waals surface area contributed by atoms with E-state index in [-0.39, 0.29) is 17.3 Å². The standard InChI is InChI=1S/C11H12ClFN2O2/c12-7-3-8(13)5-9(4-7)15-10(16)11(14)1-2-17-6-11/h3-5H,1-2,6,14H2,(H,15,16). The van der Waals surface area contributed by atoms with Crippen molar-refractivity contribution in [2.24, 2.45) is 5.73 Å². The number of carbonyl (C=O) groups excluding carboxylic acids is 1. The molecule has 1 atom stereocenters. The molecule has 17 heavy (non-hydrogen) atoms. The minimum atomic E-state index is -1.04. The smallest absolute Gasteiger partial charge is 0.246 e. The third-order valence-corrected chi connectivity index (χ3v) is 2.84. The van der Waals surface area contributed by atoms with Crippen molar-refractivity contribution in [2.75, 3.05) is 18.5 Å². The number of carbonyl (C=O) groups is 1. The minimum Gasteiger partial charge on any atom is -0.379 e. The van der Waals surface area contributed by atoms with Gasteiger partial charge in [-0.2, -0.15) is 0 Å². The van der Waals surface area contributed by atoms with E-state index in [1.165, 1.54) is 12.1 Å². The lowest BCUT2D eigenvalue weighted by atomic mass is 9.99. The summed E-state index contributed by atoms with van der Waals surface area (Å²) in [5.74, 6) is -0.904. The molecular formula is C11H12ClFN2O2. The van der Waals surface area contributed by atoms with Gasteiger partial charge in [0.05, 0.1) is 6.61 Å². The van der Waals surface area contributed by atoms with Crippen molar-refractivity contribution in [1.29, 1.82) is 0 Å². The van der Waals surface area contributed by atoms with Crippen molar-refractivity contribution >= 4 is 23.2 Å². The lowest BCUT2D eigenvalue weighted by Gasteiger charge is -2.20. The van der Waals surface area contributed by atoms with Crippen LogP contribution >= 0.6 is 11.6 Å². The number of rotatable bonds is 2. The Kier molecular flexibility index (Phi) is 3.33. The Balaban J connectivity index is 2.12. The van der Waals surface area contributed by atoms with Crippen molar-refractivity contribution in [3.05, 3.63) is 29.0 Å². The number of hydrogen-bond donors (Lipinski definition) is 2. The average Bonchev–Trinajstić information content (AvgIpc) is 2.64. The van der Waals surface area contributed by atoms with Gasteiger partial charge in [0.25, 0.3) is 0 Å². The quantitative estimate of drug-likeness (QED) is 0.846. The highest BCUT2D eigenvalue weighted by molar-refractivity contribution is 6.30. The van der Waals surface area contributed by atoms with Crippen LogP contribution in [-0.4, -0.2) is 24.7 Å². The third kappa shape index (κ3) is 2.74. The van der Waals surface area contributed by atoms with Crippen LogP contribution in [0.3, 0.4) is 0 Å². The first-order chi connectivity index (χ1) is 7.99. The van der Waals surface area contributed by atoms with Crippen LogP contribution in [0.2, 0.25) is 5.02 Å². The molecule has 0 aromatic heterocycles. The van der Waals surface area contributed by atoms with Crippen molar-refractivity contribution in [3.8, 4) is 0 Å². The van der Waals surface area contributed by atoms with Crippen LogP contribution in [-0.2, 0) is 9.53 Å². The molecule has 0 aliphatic carbocycles. The molecule has 4 nitrogen and oxygen atoms in total. The summed E-state index contributed by atoms with van der Waals surface area (Å²) in [5, 5.41) is 2.75. The van der Waals surface area contributed by atoms with E-state index in [1.54, 1.807) is 0 Å². The van der Waals surface area contributed by atoms with Gasteiger partial charge in [0.1, 0.15) is 11.4 Å². The minimum absolute atomic E-state index is 0.169. The van der Waals surface area contributed by atoms with E-state index in [9.17, 15) is 9.18 Å². The topological polar surface area (TPSA) is 64.4 Å². The van der Waals surface area contributed by atoms with Crippen molar-refractivity contribution in [3.63, 3.8) is 0 Å². The predicted molar refractivity (Wildman–Crippen MR) is 62.4 cm³/mol. The van der Waals surface area contributed by atoms with Gasteiger partial charge in [-0.3, -0.25) is 4.79 Å². The van der Waals surface area contributed by atoms with Gasteiger partial charge in [-0.05, 0) is 24.6 Å². The Morgan fingerprint density at radius 2 is 2.29 bits per heavy atom. The van der Waals surface area contributed by atoms with Crippen LogP contribution in [0.4, 0.5) is 10.1 Å². The molecule has 1 aliphatic heterocycles. The van der Waals surface area contributed by atoms with E-state index in [2.05, 4.69) is 5.32 Å². The first kappa shape index (κ1) is 12.3. The lowest BCUT2D eigenvalue weighted by molar-refractivity contribution is -0.121. The molecule has 1 heterocycles. The molecule has 0 radical (unpaired) electrons. The van der Waals surface area contributed by atoms with Gasteiger partial charge in [0.15, 0.2) is 0 Å². The van der Waals surface area contributed by atoms with Crippen LogP contribution in [0.1, 0.15) is 6.42 Å². The molecular weight excluding hydrogens is 247 g/mol. The normalized spacial score (nSPS) is 23.7. The SMILES string of the molecule is NC1(C(=O)Nc2cc(F)cc(Cl)c2)CCOC1. The molecule has 0 spiro atoms. The molecule has 6 heteroatoms. The molecule has 92 valence electrons. The van der Waals surface area contributed by atoms with Crippen molar-refractivity contribution in [2.45, 2.75) is 12.0 Å². The zero-order chi connectivity index (χ0) is 12.5.